The SMILES string of the molecule is CC/C=C\C/C=C\C/C=C\C/C=C\CCC(=O)NC(COC1OC(CO)C(OC2OC(CO)C(OC3OC(CO)C(O)C(O)C3O)C(O)C2O)C(O)C1O)C(O)/C=C/CCCCCCCCCCCCCCCCCCCCCCCCCCCCCCCCC. The molecule has 17 atom stereocenters. The lowest BCUT2D eigenvalue weighted by molar-refractivity contribution is -0.379. The number of ether oxygens (including phenoxy) is 6. The summed E-state index contributed by atoms with van der Waals surface area (Å²) in [5, 5.41) is 120. The van der Waals surface area contributed by atoms with Gasteiger partial charge in [0.2, 0.25) is 5.91 Å². The lowest BCUT2D eigenvalue weighted by atomic mass is 9.96. The lowest BCUT2D eigenvalue weighted by Gasteiger charge is -2.48. The molecule has 19 heteroatoms. The van der Waals surface area contributed by atoms with Crippen molar-refractivity contribution in [1.29, 1.82) is 0 Å². The summed E-state index contributed by atoms with van der Waals surface area (Å²) in [6, 6.07) is -1.01. The number of rotatable bonds is 55. The minimum Gasteiger partial charge on any atom is -0.394 e. The van der Waals surface area contributed by atoms with Crippen LogP contribution in [0, 0.1) is 0 Å². The first-order valence-electron chi connectivity index (χ1n) is 36.0. The second-order valence-electron chi connectivity index (χ2n) is 25.7. The highest BCUT2D eigenvalue weighted by molar-refractivity contribution is 5.76. The molecule has 3 aliphatic heterocycles. The van der Waals surface area contributed by atoms with E-state index in [4.69, 9.17) is 28.4 Å². The van der Waals surface area contributed by atoms with Crippen molar-refractivity contribution in [2.45, 2.75) is 362 Å². The Hall–Kier alpha value is -2.51. The zero-order valence-electron chi connectivity index (χ0n) is 56.1. The summed E-state index contributed by atoms with van der Waals surface area (Å²) < 4.78 is 34.3. The molecule has 17 unspecified atom stereocenters. The number of hydrogen-bond donors (Lipinski definition) is 12. The van der Waals surface area contributed by atoms with E-state index in [9.17, 15) is 61.0 Å². The summed E-state index contributed by atoms with van der Waals surface area (Å²) in [6.07, 6.45) is 39.7. The number of hydrogen-bond acceptors (Lipinski definition) is 18. The van der Waals surface area contributed by atoms with Gasteiger partial charge in [-0.05, 0) is 44.9 Å². The summed E-state index contributed by atoms with van der Waals surface area (Å²) >= 11 is 0. The van der Waals surface area contributed by atoms with Crippen molar-refractivity contribution in [2.75, 3.05) is 26.4 Å². The zero-order chi connectivity index (χ0) is 66.1. The zero-order valence-corrected chi connectivity index (χ0v) is 56.1. The molecule has 3 aliphatic rings. The number of carbonyl (C=O) groups excluding carboxylic acids is 1. The van der Waals surface area contributed by atoms with Crippen molar-refractivity contribution in [3.05, 3.63) is 60.8 Å². The van der Waals surface area contributed by atoms with Crippen LogP contribution in [0.3, 0.4) is 0 Å². The molecule has 12 N–H and O–H groups in total. The molecule has 19 nitrogen and oxygen atoms in total. The Kier molecular flexibility index (Phi) is 48.7. The summed E-state index contributed by atoms with van der Waals surface area (Å²) in [5.41, 5.74) is 0. The van der Waals surface area contributed by atoms with Crippen LogP contribution < -0.4 is 5.32 Å². The highest BCUT2D eigenvalue weighted by Crippen LogP contribution is 2.33. The molecule has 3 heterocycles. The van der Waals surface area contributed by atoms with Crippen LogP contribution >= 0.6 is 0 Å². The summed E-state index contributed by atoms with van der Waals surface area (Å²) in [7, 11) is 0. The van der Waals surface area contributed by atoms with Crippen LogP contribution in [0.2, 0.25) is 0 Å². The normalized spacial score (nSPS) is 28.2. The molecule has 530 valence electrons. The van der Waals surface area contributed by atoms with Gasteiger partial charge < -0.3 is 89.9 Å². The molecule has 3 rings (SSSR count). The second kappa shape index (κ2) is 53.6. The molecule has 0 aromatic rings. The highest BCUT2D eigenvalue weighted by atomic mass is 16.8. The first-order chi connectivity index (χ1) is 44.3. The number of carbonyl (C=O) groups is 1. The molecule has 0 aliphatic carbocycles. The van der Waals surface area contributed by atoms with Crippen molar-refractivity contribution in [1.82, 2.24) is 5.32 Å². The van der Waals surface area contributed by atoms with Gasteiger partial charge in [0.05, 0.1) is 38.6 Å². The van der Waals surface area contributed by atoms with Crippen LogP contribution in [-0.2, 0) is 33.2 Å². The second-order valence-corrected chi connectivity index (χ2v) is 25.7. The van der Waals surface area contributed by atoms with E-state index in [2.05, 4.69) is 55.6 Å². The van der Waals surface area contributed by atoms with Crippen LogP contribution in [0.15, 0.2) is 60.8 Å². The Morgan fingerprint density at radius 3 is 1.16 bits per heavy atom. The van der Waals surface area contributed by atoms with E-state index < -0.39 is 124 Å². The minimum absolute atomic E-state index is 0.120. The van der Waals surface area contributed by atoms with Crippen molar-refractivity contribution >= 4 is 5.91 Å². The molecular formula is C72H129NO18. The van der Waals surface area contributed by atoms with Crippen LogP contribution in [0.1, 0.15) is 258 Å². The fraction of sp³-hybridized carbons (Fsp3) is 0.847. The van der Waals surface area contributed by atoms with E-state index in [1.807, 2.05) is 18.2 Å². The van der Waals surface area contributed by atoms with E-state index >= 15 is 0 Å². The number of amides is 1. The summed E-state index contributed by atoms with van der Waals surface area (Å²) in [6.45, 7) is 1.57. The van der Waals surface area contributed by atoms with Gasteiger partial charge in [-0.2, -0.15) is 0 Å². The number of unbranched alkanes of at least 4 members (excludes halogenated alkanes) is 31. The average Bonchev–Trinajstić information content (AvgIpc) is 0.877. The maximum atomic E-state index is 13.3. The minimum atomic E-state index is -1.99. The monoisotopic (exact) mass is 1300 g/mol. The van der Waals surface area contributed by atoms with Crippen molar-refractivity contribution < 1.29 is 89.4 Å². The summed E-state index contributed by atoms with van der Waals surface area (Å²) in [4.78, 5) is 13.3. The van der Waals surface area contributed by atoms with Crippen LogP contribution in [-0.4, -0.2) is 193 Å². The maximum Gasteiger partial charge on any atom is 0.220 e. The predicted octanol–water partition coefficient (Wildman–Crippen LogP) is 9.94. The van der Waals surface area contributed by atoms with Crippen molar-refractivity contribution in [2.24, 2.45) is 0 Å². The van der Waals surface area contributed by atoms with Gasteiger partial charge in [0, 0.05) is 6.42 Å². The number of allylic oxidation sites excluding steroid dienone is 9. The Labute approximate surface area is 547 Å². The maximum absolute atomic E-state index is 13.3. The van der Waals surface area contributed by atoms with Crippen molar-refractivity contribution in [3.63, 3.8) is 0 Å². The smallest absolute Gasteiger partial charge is 0.220 e. The predicted molar refractivity (Wildman–Crippen MR) is 355 cm³/mol. The van der Waals surface area contributed by atoms with Gasteiger partial charge >= 0.3 is 0 Å². The van der Waals surface area contributed by atoms with E-state index in [0.29, 0.717) is 12.8 Å². The quantitative estimate of drug-likeness (QED) is 0.0199. The van der Waals surface area contributed by atoms with Crippen molar-refractivity contribution in [3.8, 4) is 0 Å². The standard InChI is InChI=1S/C72H129NO18/c1-3-5-7-9-11-13-15-17-18-19-20-21-22-23-24-25-26-27-28-29-30-31-32-33-34-35-36-38-39-41-43-45-47-49-56(77)55(73-60(78)50-48-46-44-42-40-37-16-14-12-10-8-6-4-2)54-86-70-66(84)63(81)68(58(52-75)88-70)91-72-67(85)64(82)69(59(53-76)89-72)90-71-65(83)62(80)61(79)57(51-74)87-71/h6,8,12,14,37,40,44,46-47,49,55-59,61-72,74-77,79-85H,3-5,7,9-11,13,15-36,38-39,41-43,45,48,50-54H2,1-2H3,(H,73,78)/b8-6-,14-12-,40-37-,46-44-,49-47+. The average molecular weight is 1300 g/mol. The number of aliphatic hydroxyl groups is 11. The summed E-state index contributed by atoms with van der Waals surface area (Å²) in [5.74, 6) is -0.355. The van der Waals surface area contributed by atoms with Gasteiger partial charge in [-0.3, -0.25) is 4.79 Å². The molecule has 91 heavy (non-hydrogen) atoms. The van der Waals surface area contributed by atoms with Gasteiger partial charge in [-0.1, -0.05) is 267 Å². The van der Waals surface area contributed by atoms with Gasteiger partial charge in [0.15, 0.2) is 18.9 Å². The molecule has 1 amide bonds. The molecule has 0 aromatic carbocycles. The van der Waals surface area contributed by atoms with Gasteiger partial charge in [-0.15, -0.1) is 0 Å². The topological polar surface area (TPSA) is 307 Å². The largest absolute Gasteiger partial charge is 0.394 e. The van der Waals surface area contributed by atoms with Gasteiger partial charge in [0.25, 0.3) is 0 Å². The van der Waals surface area contributed by atoms with Gasteiger partial charge in [-0.25, -0.2) is 0 Å². The van der Waals surface area contributed by atoms with Crippen LogP contribution in [0.4, 0.5) is 0 Å². The Morgan fingerprint density at radius 2 is 0.758 bits per heavy atom. The van der Waals surface area contributed by atoms with E-state index in [-0.39, 0.29) is 18.9 Å². The Bertz CT molecular complexity index is 1890. The first kappa shape index (κ1) is 82.7. The lowest BCUT2D eigenvalue weighted by Crippen LogP contribution is -2.66. The van der Waals surface area contributed by atoms with E-state index in [1.165, 1.54) is 180 Å². The highest BCUT2D eigenvalue weighted by Gasteiger charge is 2.53. The third-order valence-electron chi connectivity index (χ3n) is 17.8. The molecule has 0 radical (unpaired) electrons. The van der Waals surface area contributed by atoms with Crippen LogP contribution in [0.5, 0.6) is 0 Å². The van der Waals surface area contributed by atoms with E-state index in [1.54, 1.807) is 6.08 Å². The molecule has 0 bridgehead atoms. The molecule has 0 saturated carbocycles. The fourth-order valence-electron chi connectivity index (χ4n) is 12.0. The molecule has 0 spiro atoms. The third-order valence-corrected chi connectivity index (χ3v) is 17.8. The Morgan fingerprint density at radius 1 is 0.407 bits per heavy atom. The van der Waals surface area contributed by atoms with Gasteiger partial charge in [0.1, 0.15) is 73.2 Å². The molecule has 3 fully saturated rings. The van der Waals surface area contributed by atoms with E-state index in [0.717, 1.165) is 44.9 Å². The number of nitrogens with one attached hydrogen (secondary N) is 1. The van der Waals surface area contributed by atoms with Crippen LogP contribution in [0.25, 0.3) is 0 Å². The molecular weight excluding hydrogens is 1170 g/mol. The molecule has 3 saturated heterocycles. The fourth-order valence-corrected chi connectivity index (χ4v) is 12.0. The Balaban J connectivity index is 1.37. The third kappa shape index (κ3) is 35.4. The first-order valence-corrected chi connectivity index (χ1v) is 36.0. The number of aliphatic hydroxyl groups excluding tert-OH is 11. The molecule has 0 aromatic heterocycles.